The lowest BCUT2D eigenvalue weighted by Gasteiger charge is -2.07. The maximum Gasteiger partial charge on any atom is 0.273 e. The molecule has 122 valence electrons. The van der Waals surface area contributed by atoms with Crippen molar-refractivity contribution in [1.29, 1.82) is 0 Å². The number of rotatable bonds is 5. The van der Waals surface area contributed by atoms with E-state index in [0.717, 1.165) is 5.56 Å². The van der Waals surface area contributed by atoms with Crippen molar-refractivity contribution < 1.29 is 9.53 Å². The first-order valence-corrected chi connectivity index (χ1v) is 8.18. The van der Waals surface area contributed by atoms with Gasteiger partial charge >= 0.3 is 0 Å². The van der Waals surface area contributed by atoms with Crippen LogP contribution in [0.2, 0.25) is 5.02 Å². The molecule has 0 aliphatic heterocycles. The zero-order valence-corrected chi connectivity index (χ0v) is 13.9. The van der Waals surface area contributed by atoms with Gasteiger partial charge in [-0.15, -0.1) is 11.3 Å². The molecular weight excluding hydrogens is 350 g/mol. The Bertz CT molecular complexity index is 909. The van der Waals surface area contributed by atoms with E-state index in [2.05, 4.69) is 15.3 Å². The van der Waals surface area contributed by atoms with E-state index in [9.17, 15) is 9.59 Å². The lowest BCUT2D eigenvalue weighted by atomic mass is 10.2. The summed E-state index contributed by atoms with van der Waals surface area (Å²) in [6, 6.07) is 8.35. The molecule has 0 radical (unpaired) electrons. The second kappa shape index (κ2) is 7.29. The fourth-order valence-corrected chi connectivity index (χ4v) is 2.68. The summed E-state index contributed by atoms with van der Waals surface area (Å²) in [5.74, 6) is -0.316. The Morgan fingerprint density at radius 2 is 2.25 bits per heavy atom. The van der Waals surface area contributed by atoms with Gasteiger partial charge in [0.05, 0.1) is 0 Å². The molecule has 0 aliphatic rings. The van der Waals surface area contributed by atoms with Crippen LogP contribution in [0.25, 0.3) is 0 Å². The Balaban J connectivity index is 1.68. The number of aromatic nitrogens is 2. The molecule has 0 unspecified atom stereocenters. The molecule has 0 fully saturated rings. The summed E-state index contributed by atoms with van der Waals surface area (Å²) < 4.78 is 5.47. The minimum atomic E-state index is -0.441. The van der Waals surface area contributed by atoms with E-state index in [1.165, 1.54) is 23.6 Å². The number of carbonyl (C=O) groups is 1. The first kappa shape index (κ1) is 16.2. The Hall–Kier alpha value is -2.64. The summed E-state index contributed by atoms with van der Waals surface area (Å²) in [5, 5.41) is 5.39. The molecule has 3 rings (SSSR count). The van der Waals surface area contributed by atoms with E-state index in [4.69, 9.17) is 16.3 Å². The minimum absolute atomic E-state index is 0.126. The molecule has 24 heavy (non-hydrogen) atoms. The van der Waals surface area contributed by atoms with Crippen LogP contribution >= 0.6 is 22.9 Å². The molecule has 0 saturated heterocycles. The molecule has 6 nitrogen and oxygen atoms in total. The Kier molecular flexibility index (Phi) is 4.93. The number of carbonyl (C=O) groups excluding carboxylic acids is 1. The molecular formula is C16H12ClN3O3S. The number of halogens is 1. The fourth-order valence-electron chi connectivity index (χ4n) is 1.94. The van der Waals surface area contributed by atoms with Crippen molar-refractivity contribution in [2.75, 3.05) is 5.32 Å². The number of ether oxygens (including phenoxy) is 1. The monoisotopic (exact) mass is 361 g/mol. The number of hydrogen-bond donors (Lipinski definition) is 2. The number of thiazole rings is 1. The molecule has 1 amide bonds. The molecule has 0 saturated carbocycles. The van der Waals surface area contributed by atoms with E-state index in [0.29, 0.717) is 10.2 Å². The van der Waals surface area contributed by atoms with Crippen molar-refractivity contribution in [3.05, 3.63) is 74.6 Å². The van der Waals surface area contributed by atoms with Gasteiger partial charge in [-0.05, 0) is 17.7 Å². The number of nitrogens with one attached hydrogen (secondary N) is 2. The molecule has 0 atom stereocenters. The average molecular weight is 362 g/mol. The standard InChI is InChI=1S/C16H12ClN3O3S/c17-11-3-1-2-10(6-11)9-23-14-8-19-12(7-13(14)21)15(22)20-16-18-4-5-24-16/h1-8H,9H2,(H,19,21)(H,18,20,22). The highest BCUT2D eigenvalue weighted by Crippen LogP contribution is 2.14. The third-order valence-electron chi connectivity index (χ3n) is 3.06. The average Bonchev–Trinajstić information content (AvgIpc) is 3.06. The molecule has 3 aromatic rings. The lowest BCUT2D eigenvalue weighted by molar-refractivity contribution is 0.102. The summed E-state index contributed by atoms with van der Waals surface area (Å²) >= 11 is 7.19. The van der Waals surface area contributed by atoms with Crippen LogP contribution in [0.3, 0.4) is 0 Å². The number of amides is 1. The SMILES string of the molecule is O=C(Nc1nccs1)c1cc(=O)c(OCc2cccc(Cl)c2)c[nH]1. The normalized spacial score (nSPS) is 10.4. The van der Waals surface area contributed by atoms with Gasteiger partial charge in [-0.2, -0.15) is 0 Å². The first-order valence-electron chi connectivity index (χ1n) is 6.92. The van der Waals surface area contributed by atoms with Crippen LogP contribution in [0, 0.1) is 0 Å². The molecule has 2 heterocycles. The third kappa shape index (κ3) is 4.01. The summed E-state index contributed by atoms with van der Waals surface area (Å²) in [7, 11) is 0. The van der Waals surface area contributed by atoms with Gasteiger partial charge in [-0.3, -0.25) is 14.9 Å². The Labute approximate surface area is 146 Å². The van der Waals surface area contributed by atoms with Crippen molar-refractivity contribution in [3.63, 3.8) is 0 Å². The number of pyridine rings is 1. The van der Waals surface area contributed by atoms with Crippen LogP contribution in [-0.2, 0) is 6.61 Å². The molecule has 2 N–H and O–H groups in total. The van der Waals surface area contributed by atoms with Crippen molar-refractivity contribution in [2.24, 2.45) is 0 Å². The highest BCUT2D eigenvalue weighted by atomic mass is 35.5. The van der Waals surface area contributed by atoms with Crippen molar-refractivity contribution >= 4 is 34.0 Å². The lowest BCUT2D eigenvalue weighted by Crippen LogP contribution is -2.17. The topological polar surface area (TPSA) is 84.1 Å². The second-order valence-corrected chi connectivity index (χ2v) is 6.12. The van der Waals surface area contributed by atoms with Gasteiger partial charge in [-0.25, -0.2) is 4.98 Å². The van der Waals surface area contributed by atoms with E-state index >= 15 is 0 Å². The highest BCUT2D eigenvalue weighted by molar-refractivity contribution is 7.13. The zero-order chi connectivity index (χ0) is 16.9. The van der Waals surface area contributed by atoms with Gasteiger partial charge in [0, 0.05) is 28.9 Å². The third-order valence-corrected chi connectivity index (χ3v) is 3.98. The van der Waals surface area contributed by atoms with Gasteiger partial charge in [-0.1, -0.05) is 23.7 Å². The van der Waals surface area contributed by atoms with Crippen LogP contribution in [0.15, 0.2) is 52.9 Å². The number of H-pyrrole nitrogens is 1. The first-order chi connectivity index (χ1) is 11.6. The van der Waals surface area contributed by atoms with Crippen LogP contribution in [0.5, 0.6) is 5.75 Å². The maximum absolute atomic E-state index is 12.1. The number of aromatic amines is 1. The van der Waals surface area contributed by atoms with Gasteiger partial charge in [0.25, 0.3) is 5.91 Å². The number of benzene rings is 1. The quantitative estimate of drug-likeness (QED) is 0.730. The zero-order valence-electron chi connectivity index (χ0n) is 12.3. The Morgan fingerprint density at radius 1 is 1.38 bits per heavy atom. The maximum atomic E-state index is 12.1. The van der Waals surface area contributed by atoms with Gasteiger partial charge in [0.2, 0.25) is 5.43 Å². The van der Waals surface area contributed by atoms with Crippen molar-refractivity contribution in [2.45, 2.75) is 6.61 Å². The number of anilines is 1. The molecule has 2 aromatic heterocycles. The molecule has 0 aliphatic carbocycles. The van der Waals surface area contributed by atoms with Crippen LogP contribution in [0.1, 0.15) is 16.1 Å². The van der Waals surface area contributed by atoms with Gasteiger partial charge in [0.1, 0.15) is 12.3 Å². The summed E-state index contributed by atoms with van der Waals surface area (Å²) in [4.78, 5) is 30.8. The van der Waals surface area contributed by atoms with Crippen LogP contribution in [0.4, 0.5) is 5.13 Å². The second-order valence-electron chi connectivity index (χ2n) is 4.79. The molecule has 0 bridgehead atoms. The largest absolute Gasteiger partial charge is 0.483 e. The molecule has 8 heteroatoms. The van der Waals surface area contributed by atoms with Crippen LogP contribution < -0.4 is 15.5 Å². The van der Waals surface area contributed by atoms with Gasteiger partial charge < -0.3 is 9.72 Å². The van der Waals surface area contributed by atoms with Crippen LogP contribution in [-0.4, -0.2) is 15.9 Å². The highest BCUT2D eigenvalue weighted by Gasteiger charge is 2.11. The summed E-state index contributed by atoms with van der Waals surface area (Å²) in [5.41, 5.74) is 0.581. The van der Waals surface area contributed by atoms with Crippen molar-refractivity contribution in [3.8, 4) is 5.75 Å². The fraction of sp³-hybridized carbons (Fsp3) is 0.0625. The predicted octanol–water partition coefficient (Wildman–Crippen LogP) is 3.32. The van der Waals surface area contributed by atoms with Gasteiger partial charge in [0.15, 0.2) is 10.9 Å². The number of hydrogen-bond acceptors (Lipinski definition) is 5. The molecule has 1 aromatic carbocycles. The summed E-state index contributed by atoms with van der Waals surface area (Å²) in [6.45, 7) is 0.203. The van der Waals surface area contributed by atoms with E-state index < -0.39 is 5.91 Å². The number of nitrogens with zero attached hydrogens (tertiary/aromatic N) is 1. The van der Waals surface area contributed by atoms with E-state index in [-0.39, 0.29) is 23.5 Å². The predicted molar refractivity (Wildman–Crippen MR) is 92.9 cm³/mol. The summed E-state index contributed by atoms with van der Waals surface area (Å²) in [6.07, 6.45) is 2.94. The Morgan fingerprint density at radius 3 is 2.96 bits per heavy atom. The minimum Gasteiger partial charge on any atom is -0.483 e. The van der Waals surface area contributed by atoms with E-state index in [1.807, 2.05) is 6.07 Å². The van der Waals surface area contributed by atoms with Crippen molar-refractivity contribution in [1.82, 2.24) is 9.97 Å². The van der Waals surface area contributed by atoms with E-state index in [1.54, 1.807) is 29.8 Å². The smallest absolute Gasteiger partial charge is 0.273 e. The molecule has 0 spiro atoms.